The molecule has 2 N–H and O–H groups in total. The first kappa shape index (κ1) is 18.0. The highest BCUT2D eigenvalue weighted by Gasteiger charge is 2.33. The van der Waals surface area contributed by atoms with E-state index in [-0.39, 0.29) is 12.1 Å². The molecule has 1 amide bonds. The Labute approximate surface area is 141 Å². The van der Waals surface area contributed by atoms with Crippen LogP contribution < -0.4 is 10.6 Å². The molecule has 0 atom stereocenters. The minimum Gasteiger partial charge on any atom is -0.384 e. The molecule has 5 nitrogen and oxygen atoms in total. The van der Waals surface area contributed by atoms with Crippen LogP contribution in [-0.4, -0.2) is 10.9 Å². The van der Waals surface area contributed by atoms with Crippen LogP contribution in [0.2, 0.25) is 0 Å². The third-order valence-corrected chi connectivity index (χ3v) is 3.10. The van der Waals surface area contributed by atoms with Gasteiger partial charge in [0.25, 0.3) is 5.91 Å². The number of carbonyl (C=O) groups excluding carboxylic acids is 1. The SMILES string of the molecule is N#C/C(=C/NCc1ccccn1)C(=O)Nc1ccccc1C(F)(F)F. The quantitative estimate of drug-likeness (QED) is 0.644. The van der Waals surface area contributed by atoms with Gasteiger partial charge < -0.3 is 10.6 Å². The molecule has 25 heavy (non-hydrogen) atoms. The summed E-state index contributed by atoms with van der Waals surface area (Å²) in [6, 6.07) is 11.5. The molecule has 8 heteroatoms. The Bertz CT molecular complexity index is 811. The van der Waals surface area contributed by atoms with Crippen molar-refractivity contribution in [3.63, 3.8) is 0 Å². The van der Waals surface area contributed by atoms with Gasteiger partial charge in [-0.05, 0) is 24.3 Å². The third-order valence-electron chi connectivity index (χ3n) is 3.10. The van der Waals surface area contributed by atoms with Crippen molar-refractivity contribution in [3.05, 3.63) is 71.7 Å². The first-order valence-corrected chi connectivity index (χ1v) is 7.13. The van der Waals surface area contributed by atoms with E-state index < -0.39 is 23.3 Å². The Balaban J connectivity index is 2.08. The lowest BCUT2D eigenvalue weighted by Gasteiger charge is -2.13. The minimum atomic E-state index is -4.61. The maximum atomic E-state index is 12.9. The van der Waals surface area contributed by atoms with Gasteiger partial charge in [-0.1, -0.05) is 18.2 Å². The molecule has 0 aliphatic rings. The fraction of sp³-hybridized carbons (Fsp3) is 0.118. The van der Waals surface area contributed by atoms with E-state index >= 15 is 0 Å². The number of alkyl halides is 3. The van der Waals surface area contributed by atoms with Crippen molar-refractivity contribution in [2.75, 3.05) is 5.32 Å². The van der Waals surface area contributed by atoms with E-state index in [0.717, 1.165) is 18.3 Å². The van der Waals surface area contributed by atoms with Gasteiger partial charge in [0.1, 0.15) is 11.6 Å². The number of rotatable bonds is 5. The van der Waals surface area contributed by atoms with E-state index in [2.05, 4.69) is 15.6 Å². The van der Waals surface area contributed by atoms with E-state index in [1.165, 1.54) is 12.1 Å². The number of anilines is 1. The summed E-state index contributed by atoms with van der Waals surface area (Å²) < 4.78 is 38.8. The maximum absolute atomic E-state index is 12.9. The average Bonchev–Trinajstić information content (AvgIpc) is 2.59. The largest absolute Gasteiger partial charge is 0.418 e. The van der Waals surface area contributed by atoms with Gasteiger partial charge in [0.2, 0.25) is 0 Å². The molecular formula is C17H13F3N4O. The molecule has 1 aromatic carbocycles. The van der Waals surface area contributed by atoms with Crippen molar-refractivity contribution < 1.29 is 18.0 Å². The molecule has 0 unspecified atom stereocenters. The molecule has 0 radical (unpaired) electrons. The van der Waals surface area contributed by atoms with E-state index in [1.54, 1.807) is 30.5 Å². The third kappa shape index (κ3) is 5.07. The van der Waals surface area contributed by atoms with E-state index in [4.69, 9.17) is 5.26 Å². The van der Waals surface area contributed by atoms with Crippen LogP contribution in [0.3, 0.4) is 0 Å². The average molecular weight is 346 g/mol. The number of nitrogens with zero attached hydrogens (tertiary/aromatic N) is 2. The van der Waals surface area contributed by atoms with Gasteiger partial charge in [-0.3, -0.25) is 9.78 Å². The fourth-order valence-electron chi connectivity index (χ4n) is 1.94. The van der Waals surface area contributed by atoms with Crippen LogP contribution in [0.25, 0.3) is 0 Å². The lowest BCUT2D eigenvalue weighted by molar-refractivity contribution is -0.137. The highest BCUT2D eigenvalue weighted by Crippen LogP contribution is 2.34. The van der Waals surface area contributed by atoms with Crippen LogP contribution in [0.1, 0.15) is 11.3 Å². The Kier molecular flexibility index (Phi) is 5.74. The van der Waals surface area contributed by atoms with Gasteiger partial charge in [-0.15, -0.1) is 0 Å². The highest BCUT2D eigenvalue weighted by atomic mass is 19.4. The van der Waals surface area contributed by atoms with Gasteiger partial charge in [-0.25, -0.2) is 0 Å². The van der Waals surface area contributed by atoms with E-state index in [1.807, 2.05) is 0 Å². The molecule has 2 aromatic rings. The summed E-state index contributed by atoms with van der Waals surface area (Å²) in [5.74, 6) is -0.937. The van der Waals surface area contributed by atoms with E-state index in [0.29, 0.717) is 5.69 Å². The molecule has 0 saturated carbocycles. The second kappa shape index (κ2) is 7.97. The van der Waals surface area contributed by atoms with Gasteiger partial charge in [-0.2, -0.15) is 18.4 Å². The number of hydrogen-bond acceptors (Lipinski definition) is 4. The zero-order chi connectivity index (χ0) is 18.3. The maximum Gasteiger partial charge on any atom is 0.418 e. The number of pyridine rings is 1. The standard InChI is InChI=1S/C17H13F3N4O/c18-17(19,20)14-6-1-2-7-15(14)24-16(25)12(9-21)10-22-11-13-5-3-4-8-23-13/h1-8,10,22H,11H2,(H,24,25)/b12-10-. The summed E-state index contributed by atoms with van der Waals surface area (Å²) in [5.41, 5.74) is -1.07. The highest BCUT2D eigenvalue weighted by molar-refractivity contribution is 6.06. The predicted molar refractivity (Wildman–Crippen MR) is 84.8 cm³/mol. The number of hydrogen-bond donors (Lipinski definition) is 2. The number of nitrogens with one attached hydrogen (secondary N) is 2. The van der Waals surface area contributed by atoms with Crippen LogP contribution >= 0.6 is 0 Å². The number of nitriles is 1. The van der Waals surface area contributed by atoms with Crippen molar-refractivity contribution in [1.29, 1.82) is 5.26 Å². The van der Waals surface area contributed by atoms with Crippen molar-refractivity contribution in [2.24, 2.45) is 0 Å². The Morgan fingerprint density at radius 3 is 2.56 bits per heavy atom. The van der Waals surface area contributed by atoms with Gasteiger partial charge in [0, 0.05) is 12.4 Å². The molecule has 0 aliphatic heterocycles. The smallest absolute Gasteiger partial charge is 0.384 e. The lowest BCUT2D eigenvalue weighted by atomic mass is 10.1. The lowest BCUT2D eigenvalue weighted by Crippen LogP contribution is -2.19. The number of amides is 1. The van der Waals surface area contributed by atoms with Crippen molar-refractivity contribution >= 4 is 11.6 Å². The van der Waals surface area contributed by atoms with Gasteiger partial charge in [0.05, 0.1) is 23.5 Å². The summed E-state index contributed by atoms with van der Waals surface area (Å²) in [7, 11) is 0. The zero-order valence-corrected chi connectivity index (χ0v) is 12.8. The molecule has 0 aliphatic carbocycles. The van der Waals surface area contributed by atoms with Crippen LogP contribution in [-0.2, 0) is 17.5 Å². The van der Waals surface area contributed by atoms with Crippen LogP contribution in [0.5, 0.6) is 0 Å². The number of benzene rings is 1. The zero-order valence-electron chi connectivity index (χ0n) is 12.8. The van der Waals surface area contributed by atoms with Crippen molar-refractivity contribution in [1.82, 2.24) is 10.3 Å². The summed E-state index contributed by atoms with van der Waals surface area (Å²) in [6.07, 6.45) is -1.88. The van der Waals surface area contributed by atoms with Crippen LogP contribution in [0.4, 0.5) is 18.9 Å². The molecule has 0 fully saturated rings. The number of carbonyl (C=O) groups is 1. The van der Waals surface area contributed by atoms with Crippen LogP contribution in [0.15, 0.2) is 60.4 Å². The first-order chi connectivity index (χ1) is 11.9. The summed E-state index contributed by atoms with van der Waals surface area (Å²) in [6.45, 7) is 0.262. The molecule has 1 aromatic heterocycles. The molecule has 2 rings (SSSR count). The predicted octanol–water partition coefficient (Wildman–Crippen LogP) is 3.24. The number of para-hydroxylation sites is 1. The number of aromatic nitrogens is 1. The first-order valence-electron chi connectivity index (χ1n) is 7.13. The van der Waals surface area contributed by atoms with Crippen LogP contribution in [0, 0.1) is 11.3 Å². The topological polar surface area (TPSA) is 77.8 Å². The van der Waals surface area contributed by atoms with Gasteiger partial charge >= 0.3 is 6.18 Å². The van der Waals surface area contributed by atoms with Gasteiger partial charge in [0.15, 0.2) is 0 Å². The second-order valence-electron chi connectivity index (χ2n) is 4.87. The van der Waals surface area contributed by atoms with E-state index in [9.17, 15) is 18.0 Å². The Hall–Kier alpha value is -3.34. The molecular weight excluding hydrogens is 333 g/mol. The summed E-state index contributed by atoms with van der Waals surface area (Å²) in [5, 5.41) is 13.9. The number of halogens is 3. The molecule has 128 valence electrons. The molecule has 0 bridgehead atoms. The monoisotopic (exact) mass is 346 g/mol. The minimum absolute atomic E-state index is 0.262. The van der Waals surface area contributed by atoms with Crippen molar-refractivity contribution in [2.45, 2.75) is 12.7 Å². The summed E-state index contributed by atoms with van der Waals surface area (Å²) >= 11 is 0. The Morgan fingerprint density at radius 2 is 1.92 bits per heavy atom. The summed E-state index contributed by atoms with van der Waals surface area (Å²) in [4.78, 5) is 16.1. The second-order valence-corrected chi connectivity index (χ2v) is 4.87. The van der Waals surface area contributed by atoms with Crippen molar-refractivity contribution in [3.8, 4) is 6.07 Å². The molecule has 0 spiro atoms. The fourth-order valence-corrected chi connectivity index (χ4v) is 1.94. The molecule has 1 heterocycles. The Morgan fingerprint density at radius 1 is 1.20 bits per heavy atom. The normalized spacial score (nSPS) is 11.5. The molecule has 0 saturated heterocycles.